The Morgan fingerprint density at radius 1 is 1.71 bits per heavy atom. The van der Waals surface area contributed by atoms with Gasteiger partial charge in [0.1, 0.15) is 5.69 Å². The molecule has 0 aliphatic carbocycles. The molecule has 0 aromatic carbocycles. The molecule has 0 radical (unpaired) electrons. The van der Waals surface area contributed by atoms with Crippen LogP contribution in [-0.4, -0.2) is 24.0 Å². The molecule has 1 aliphatic rings. The van der Waals surface area contributed by atoms with E-state index < -0.39 is 0 Å². The Morgan fingerprint density at radius 3 is 3.14 bits per heavy atom. The number of ether oxygens (including phenoxy) is 1. The molecule has 1 unspecified atom stereocenters. The lowest BCUT2D eigenvalue weighted by Gasteiger charge is -2.19. The second-order valence-corrected chi connectivity index (χ2v) is 4.59. The van der Waals surface area contributed by atoms with Crippen LogP contribution < -0.4 is 0 Å². The number of Topliss-reactive ketones (excluding diaryl/α,β-unsaturated/α-hetero) is 1. The number of aryl methyl sites for hydroxylation is 1. The van der Waals surface area contributed by atoms with Crippen LogP contribution in [0, 0.1) is 12.8 Å². The molecule has 1 saturated heterocycles. The van der Waals surface area contributed by atoms with E-state index in [1.807, 2.05) is 12.3 Å². The van der Waals surface area contributed by atoms with Gasteiger partial charge in [-0.05, 0) is 19.8 Å². The Labute approximate surface area is 87.1 Å². The molecule has 0 saturated carbocycles. The normalized spacial score (nSPS) is 22.2. The molecule has 0 N–H and O–H groups in total. The summed E-state index contributed by atoms with van der Waals surface area (Å²) in [5, 5.41) is 2.79. The molecule has 0 bridgehead atoms. The van der Waals surface area contributed by atoms with Crippen LogP contribution >= 0.6 is 11.3 Å². The second-order valence-electron chi connectivity index (χ2n) is 3.53. The van der Waals surface area contributed by atoms with Crippen LogP contribution in [-0.2, 0) is 4.74 Å². The van der Waals surface area contributed by atoms with Crippen molar-refractivity contribution in [3.05, 3.63) is 16.1 Å². The number of aromatic nitrogens is 1. The number of carbonyl (C=O) groups is 1. The lowest BCUT2D eigenvalue weighted by Crippen LogP contribution is -2.25. The zero-order valence-corrected chi connectivity index (χ0v) is 8.97. The lowest BCUT2D eigenvalue weighted by molar-refractivity contribution is 0.0458. The van der Waals surface area contributed by atoms with Crippen molar-refractivity contribution >= 4 is 17.1 Å². The second kappa shape index (κ2) is 4.19. The highest BCUT2D eigenvalue weighted by Gasteiger charge is 2.24. The molecule has 14 heavy (non-hydrogen) atoms. The molecule has 1 aromatic heterocycles. The first-order valence-corrected chi connectivity index (χ1v) is 5.69. The maximum atomic E-state index is 11.9. The van der Waals surface area contributed by atoms with Crippen molar-refractivity contribution in [1.29, 1.82) is 0 Å². The van der Waals surface area contributed by atoms with Gasteiger partial charge in [-0.25, -0.2) is 4.98 Å². The number of ketones is 1. The molecule has 3 nitrogen and oxygen atoms in total. The predicted molar refractivity (Wildman–Crippen MR) is 54.7 cm³/mol. The largest absolute Gasteiger partial charge is 0.381 e. The highest BCUT2D eigenvalue weighted by Crippen LogP contribution is 2.19. The van der Waals surface area contributed by atoms with E-state index >= 15 is 0 Å². The SMILES string of the molecule is Cc1nc(C(=O)C2CCCOC2)cs1. The van der Waals surface area contributed by atoms with Gasteiger partial charge in [-0.2, -0.15) is 0 Å². The van der Waals surface area contributed by atoms with Gasteiger partial charge in [0.05, 0.1) is 11.6 Å². The average molecular weight is 211 g/mol. The van der Waals surface area contributed by atoms with Crippen LogP contribution in [0.3, 0.4) is 0 Å². The first-order chi connectivity index (χ1) is 6.77. The molecular weight excluding hydrogens is 198 g/mol. The minimum absolute atomic E-state index is 0.0326. The van der Waals surface area contributed by atoms with Gasteiger partial charge in [-0.1, -0.05) is 0 Å². The number of rotatable bonds is 2. The van der Waals surface area contributed by atoms with Crippen LogP contribution in [0.5, 0.6) is 0 Å². The third-order valence-electron chi connectivity index (χ3n) is 2.40. The third kappa shape index (κ3) is 2.01. The summed E-state index contributed by atoms with van der Waals surface area (Å²) in [6.45, 7) is 3.27. The van der Waals surface area contributed by atoms with Crippen LogP contribution in [0.25, 0.3) is 0 Å². The van der Waals surface area contributed by atoms with E-state index in [1.54, 1.807) is 0 Å². The van der Waals surface area contributed by atoms with E-state index in [2.05, 4.69) is 4.98 Å². The maximum Gasteiger partial charge on any atom is 0.187 e. The Morgan fingerprint density at radius 2 is 2.57 bits per heavy atom. The summed E-state index contributed by atoms with van der Waals surface area (Å²) in [6, 6.07) is 0. The molecular formula is C10H13NO2S. The third-order valence-corrected chi connectivity index (χ3v) is 3.18. The van der Waals surface area contributed by atoms with Gasteiger partial charge < -0.3 is 4.74 Å². The summed E-state index contributed by atoms with van der Waals surface area (Å²) in [4.78, 5) is 16.1. The first-order valence-electron chi connectivity index (χ1n) is 4.81. The Kier molecular flexibility index (Phi) is 2.93. The summed E-state index contributed by atoms with van der Waals surface area (Å²) in [5.74, 6) is 0.180. The van der Waals surface area contributed by atoms with Gasteiger partial charge in [-0.15, -0.1) is 11.3 Å². The summed E-state index contributed by atoms with van der Waals surface area (Å²) in [6.07, 6.45) is 1.93. The molecule has 1 aliphatic heterocycles. The van der Waals surface area contributed by atoms with Crippen molar-refractivity contribution < 1.29 is 9.53 Å². The highest BCUT2D eigenvalue weighted by atomic mass is 32.1. The van der Waals surface area contributed by atoms with Crippen molar-refractivity contribution in [2.24, 2.45) is 5.92 Å². The van der Waals surface area contributed by atoms with Crippen LogP contribution in [0.1, 0.15) is 28.3 Å². The molecule has 1 atom stereocenters. The topological polar surface area (TPSA) is 39.2 Å². The van der Waals surface area contributed by atoms with Crippen LogP contribution in [0.2, 0.25) is 0 Å². The number of nitrogens with zero attached hydrogens (tertiary/aromatic N) is 1. The van der Waals surface area contributed by atoms with Crippen molar-refractivity contribution in [2.45, 2.75) is 19.8 Å². The number of carbonyl (C=O) groups excluding carboxylic acids is 1. The van der Waals surface area contributed by atoms with Gasteiger partial charge in [0, 0.05) is 17.9 Å². The molecule has 1 fully saturated rings. The first kappa shape index (κ1) is 9.80. The molecule has 2 heterocycles. The quantitative estimate of drug-likeness (QED) is 0.703. The maximum absolute atomic E-state index is 11.9. The Balaban J connectivity index is 2.07. The Hall–Kier alpha value is -0.740. The monoisotopic (exact) mass is 211 g/mol. The van der Waals surface area contributed by atoms with Crippen LogP contribution in [0.4, 0.5) is 0 Å². The summed E-state index contributed by atoms with van der Waals surface area (Å²) >= 11 is 1.52. The standard InChI is InChI=1S/C10H13NO2S/c1-7-11-9(6-14-7)10(12)8-3-2-4-13-5-8/h6,8H,2-5H2,1H3. The zero-order valence-electron chi connectivity index (χ0n) is 8.16. The molecule has 4 heteroatoms. The van der Waals surface area contributed by atoms with Gasteiger partial charge >= 0.3 is 0 Å². The van der Waals surface area contributed by atoms with E-state index in [4.69, 9.17) is 4.74 Å². The van der Waals surface area contributed by atoms with E-state index in [0.29, 0.717) is 12.3 Å². The van der Waals surface area contributed by atoms with E-state index in [-0.39, 0.29) is 11.7 Å². The molecule has 0 amide bonds. The van der Waals surface area contributed by atoms with E-state index in [0.717, 1.165) is 24.5 Å². The van der Waals surface area contributed by atoms with Crippen LogP contribution in [0.15, 0.2) is 5.38 Å². The van der Waals surface area contributed by atoms with E-state index in [9.17, 15) is 4.79 Å². The minimum atomic E-state index is 0.0326. The Bertz CT molecular complexity index is 329. The molecule has 0 spiro atoms. The van der Waals surface area contributed by atoms with Gasteiger partial charge in [0.15, 0.2) is 5.78 Å². The number of thiazole rings is 1. The van der Waals surface area contributed by atoms with E-state index in [1.165, 1.54) is 11.3 Å². The highest BCUT2D eigenvalue weighted by molar-refractivity contribution is 7.09. The van der Waals surface area contributed by atoms with Gasteiger partial charge in [0.25, 0.3) is 0 Å². The zero-order chi connectivity index (χ0) is 9.97. The molecule has 2 rings (SSSR count). The fourth-order valence-electron chi connectivity index (χ4n) is 1.63. The van der Waals surface area contributed by atoms with Gasteiger partial charge in [-0.3, -0.25) is 4.79 Å². The van der Waals surface area contributed by atoms with Gasteiger partial charge in [0.2, 0.25) is 0 Å². The van der Waals surface area contributed by atoms with Crippen molar-refractivity contribution in [2.75, 3.05) is 13.2 Å². The predicted octanol–water partition coefficient (Wildman–Crippen LogP) is 2.06. The summed E-state index contributed by atoms with van der Waals surface area (Å²) in [7, 11) is 0. The van der Waals surface area contributed by atoms with Crippen molar-refractivity contribution in [3.8, 4) is 0 Å². The minimum Gasteiger partial charge on any atom is -0.381 e. The average Bonchev–Trinajstić information content (AvgIpc) is 2.65. The summed E-state index contributed by atoms with van der Waals surface area (Å²) < 4.78 is 5.29. The molecule has 76 valence electrons. The van der Waals surface area contributed by atoms with Crippen molar-refractivity contribution in [3.63, 3.8) is 0 Å². The molecule has 1 aromatic rings. The fourth-order valence-corrected chi connectivity index (χ4v) is 2.24. The number of hydrogen-bond donors (Lipinski definition) is 0. The van der Waals surface area contributed by atoms with Crippen molar-refractivity contribution in [1.82, 2.24) is 4.98 Å². The fraction of sp³-hybridized carbons (Fsp3) is 0.600. The summed E-state index contributed by atoms with van der Waals surface area (Å²) in [5.41, 5.74) is 0.614. The lowest BCUT2D eigenvalue weighted by atomic mass is 9.96. The number of hydrogen-bond acceptors (Lipinski definition) is 4. The smallest absolute Gasteiger partial charge is 0.187 e.